The van der Waals surface area contributed by atoms with E-state index in [2.05, 4.69) is 24.0 Å². The molecule has 1 unspecified atom stereocenters. The van der Waals surface area contributed by atoms with Crippen molar-refractivity contribution in [1.29, 1.82) is 0 Å². The van der Waals surface area contributed by atoms with Gasteiger partial charge in [-0.05, 0) is 18.8 Å². The van der Waals surface area contributed by atoms with E-state index in [-0.39, 0.29) is 5.92 Å². The molecule has 1 aromatic heterocycles. The van der Waals surface area contributed by atoms with Gasteiger partial charge in [0.2, 0.25) is 5.89 Å². The zero-order chi connectivity index (χ0) is 12.7. The highest BCUT2D eigenvalue weighted by Crippen LogP contribution is 2.21. The number of ether oxygens (including phenoxy) is 1. The molecule has 0 aliphatic heterocycles. The smallest absolute Gasteiger partial charge is 0.231 e. The second-order valence-corrected chi connectivity index (χ2v) is 4.71. The maximum Gasteiger partial charge on any atom is 0.231 e. The molecule has 1 aromatic rings. The highest BCUT2D eigenvalue weighted by atomic mass is 16.5. The van der Waals surface area contributed by atoms with Gasteiger partial charge in [-0.25, -0.2) is 0 Å². The van der Waals surface area contributed by atoms with E-state index in [0.717, 1.165) is 31.7 Å². The standard InChI is InChI=1S/C12H23N3O2/c1-9(2)7-10(8-13)12-14-11(15-17-12)5-4-6-16-3/h9-10H,4-8,13H2,1-3H3. The van der Waals surface area contributed by atoms with Crippen LogP contribution in [-0.2, 0) is 11.2 Å². The number of aryl methyl sites for hydroxylation is 1. The van der Waals surface area contributed by atoms with E-state index < -0.39 is 0 Å². The molecular formula is C12H23N3O2. The Labute approximate surface area is 103 Å². The van der Waals surface area contributed by atoms with E-state index in [4.69, 9.17) is 15.0 Å². The van der Waals surface area contributed by atoms with Crippen LogP contribution in [0.15, 0.2) is 4.52 Å². The predicted octanol–water partition coefficient (Wildman–Crippen LogP) is 1.74. The Morgan fingerprint density at radius 3 is 2.76 bits per heavy atom. The number of methoxy groups -OCH3 is 1. The van der Waals surface area contributed by atoms with E-state index in [9.17, 15) is 0 Å². The van der Waals surface area contributed by atoms with Crippen molar-refractivity contribution >= 4 is 0 Å². The van der Waals surface area contributed by atoms with Gasteiger partial charge in [-0.2, -0.15) is 4.98 Å². The van der Waals surface area contributed by atoms with Gasteiger partial charge in [-0.15, -0.1) is 0 Å². The molecule has 0 aromatic carbocycles. The van der Waals surface area contributed by atoms with Crippen LogP contribution >= 0.6 is 0 Å². The molecule has 0 saturated carbocycles. The van der Waals surface area contributed by atoms with Crippen molar-refractivity contribution in [2.24, 2.45) is 11.7 Å². The lowest BCUT2D eigenvalue weighted by Crippen LogP contribution is -2.15. The topological polar surface area (TPSA) is 74.2 Å². The van der Waals surface area contributed by atoms with Crippen molar-refractivity contribution < 1.29 is 9.26 Å². The van der Waals surface area contributed by atoms with Gasteiger partial charge in [0.05, 0.1) is 5.92 Å². The summed E-state index contributed by atoms with van der Waals surface area (Å²) in [5.41, 5.74) is 5.74. The minimum absolute atomic E-state index is 0.179. The Hall–Kier alpha value is -0.940. The molecule has 98 valence electrons. The summed E-state index contributed by atoms with van der Waals surface area (Å²) in [6.45, 7) is 5.60. The van der Waals surface area contributed by atoms with Crippen LogP contribution < -0.4 is 5.73 Å². The van der Waals surface area contributed by atoms with Crippen molar-refractivity contribution in [2.45, 2.75) is 39.0 Å². The zero-order valence-corrected chi connectivity index (χ0v) is 11.0. The maximum atomic E-state index is 5.74. The number of hydrogen-bond donors (Lipinski definition) is 1. The van der Waals surface area contributed by atoms with Gasteiger partial charge in [0, 0.05) is 26.7 Å². The molecule has 0 spiro atoms. The quantitative estimate of drug-likeness (QED) is 0.702. The minimum Gasteiger partial charge on any atom is -0.385 e. The molecule has 0 bridgehead atoms. The summed E-state index contributed by atoms with van der Waals surface area (Å²) in [7, 11) is 1.69. The minimum atomic E-state index is 0.179. The van der Waals surface area contributed by atoms with Crippen molar-refractivity contribution in [3.8, 4) is 0 Å². The summed E-state index contributed by atoms with van der Waals surface area (Å²) < 4.78 is 10.3. The van der Waals surface area contributed by atoms with E-state index in [0.29, 0.717) is 18.4 Å². The average molecular weight is 241 g/mol. The highest BCUT2D eigenvalue weighted by molar-refractivity contribution is 4.95. The summed E-state index contributed by atoms with van der Waals surface area (Å²) in [6, 6.07) is 0. The maximum absolute atomic E-state index is 5.74. The predicted molar refractivity (Wildman–Crippen MR) is 65.7 cm³/mol. The zero-order valence-electron chi connectivity index (χ0n) is 11.0. The molecule has 0 aliphatic carbocycles. The second kappa shape index (κ2) is 7.40. The van der Waals surface area contributed by atoms with Crippen LogP contribution in [0.2, 0.25) is 0 Å². The van der Waals surface area contributed by atoms with Crippen LogP contribution in [0.25, 0.3) is 0 Å². The Morgan fingerprint density at radius 1 is 1.41 bits per heavy atom. The lowest BCUT2D eigenvalue weighted by atomic mass is 9.97. The number of hydrogen-bond acceptors (Lipinski definition) is 5. The molecule has 0 aliphatic rings. The normalized spacial score (nSPS) is 13.2. The molecule has 0 amide bonds. The molecule has 0 radical (unpaired) electrons. The van der Waals surface area contributed by atoms with Crippen LogP contribution in [-0.4, -0.2) is 30.4 Å². The fourth-order valence-corrected chi connectivity index (χ4v) is 1.78. The Kier molecular flexibility index (Phi) is 6.15. The van der Waals surface area contributed by atoms with Crippen LogP contribution in [0.5, 0.6) is 0 Å². The lowest BCUT2D eigenvalue weighted by Gasteiger charge is -2.11. The molecular weight excluding hydrogens is 218 g/mol. The van der Waals surface area contributed by atoms with Gasteiger partial charge in [-0.1, -0.05) is 19.0 Å². The Balaban J connectivity index is 2.52. The largest absolute Gasteiger partial charge is 0.385 e. The first-order valence-corrected chi connectivity index (χ1v) is 6.18. The van der Waals surface area contributed by atoms with E-state index >= 15 is 0 Å². The van der Waals surface area contributed by atoms with E-state index in [1.165, 1.54) is 0 Å². The highest BCUT2D eigenvalue weighted by Gasteiger charge is 2.18. The SMILES string of the molecule is COCCCc1noc(C(CN)CC(C)C)n1. The van der Waals surface area contributed by atoms with Crippen LogP contribution in [0.4, 0.5) is 0 Å². The summed E-state index contributed by atoms with van der Waals surface area (Å²) in [5.74, 6) is 2.18. The molecule has 5 nitrogen and oxygen atoms in total. The van der Waals surface area contributed by atoms with Crippen LogP contribution in [0, 0.1) is 5.92 Å². The Morgan fingerprint density at radius 2 is 2.18 bits per heavy atom. The fraction of sp³-hybridized carbons (Fsp3) is 0.833. The van der Waals surface area contributed by atoms with Crippen molar-refractivity contribution in [2.75, 3.05) is 20.3 Å². The number of rotatable bonds is 8. The number of nitrogens with two attached hydrogens (primary N) is 1. The molecule has 0 fully saturated rings. The molecule has 5 heteroatoms. The third-order valence-electron chi connectivity index (χ3n) is 2.62. The summed E-state index contributed by atoms with van der Waals surface area (Å²) in [4.78, 5) is 4.39. The van der Waals surface area contributed by atoms with Gasteiger partial charge < -0.3 is 15.0 Å². The molecule has 17 heavy (non-hydrogen) atoms. The molecule has 1 rings (SSSR count). The fourth-order valence-electron chi connectivity index (χ4n) is 1.78. The lowest BCUT2D eigenvalue weighted by molar-refractivity contribution is 0.194. The van der Waals surface area contributed by atoms with Crippen molar-refractivity contribution in [3.63, 3.8) is 0 Å². The van der Waals surface area contributed by atoms with Crippen molar-refractivity contribution in [3.05, 3.63) is 11.7 Å². The van der Waals surface area contributed by atoms with Gasteiger partial charge in [0.15, 0.2) is 5.82 Å². The van der Waals surface area contributed by atoms with Gasteiger partial charge >= 0.3 is 0 Å². The van der Waals surface area contributed by atoms with Gasteiger partial charge in [-0.3, -0.25) is 0 Å². The van der Waals surface area contributed by atoms with E-state index in [1.807, 2.05) is 0 Å². The molecule has 1 heterocycles. The van der Waals surface area contributed by atoms with Crippen LogP contribution in [0.3, 0.4) is 0 Å². The molecule has 1 atom stereocenters. The van der Waals surface area contributed by atoms with Crippen LogP contribution in [0.1, 0.15) is 44.3 Å². The average Bonchev–Trinajstić information content (AvgIpc) is 2.74. The van der Waals surface area contributed by atoms with Gasteiger partial charge in [0.1, 0.15) is 0 Å². The molecule has 2 N–H and O–H groups in total. The number of aromatic nitrogens is 2. The molecule has 0 saturated heterocycles. The van der Waals surface area contributed by atoms with Gasteiger partial charge in [0.25, 0.3) is 0 Å². The summed E-state index contributed by atoms with van der Waals surface area (Å²) >= 11 is 0. The van der Waals surface area contributed by atoms with Crippen molar-refractivity contribution in [1.82, 2.24) is 10.1 Å². The third-order valence-corrected chi connectivity index (χ3v) is 2.62. The third kappa shape index (κ3) is 4.83. The second-order valence-electron chi connectivity index (χ2n) is 4.71. The summed E-state index contributed by atoms with van der Waals surface area (Å²) in [6.07, 6.45) is 2.68. The summed E-state index contributed by atoms with van der Waals surface area (Å²) in [5, 5.41) is 3.97. The first-order chi connectivity index (χ1) is 8.17. The Bertz CT molecular complexity index is 312. The monoisotopic (exact) mass is 241 g/mol. The first kappa shape index (κ1) is 14.1. The first-order valence-electron chi connectivity index (χ1n) is 6.18. The van der Waals surface area contributed by atoms with E-state index in [1.54, 1.807) is 7.11 Å². The number of nitrogens with zero attached hydrogens (tertiary/aromatic N) is 2.